The van der Waals surface area contributed by atoms with Crippen molar-refractivity contribution in [2.45, 2.75) is 6.42 Å². The highest BCUT2D eigenvalue weighted by molar-refractivity contribution is 6.38. The number of carbonyl (C=O) groups is 1. The Morgan fingerprint density at radius 3 is 1.92 bits per heavy atom. The van der Waals surface area contributed by atoms with E-state index in [1.807, 2.05) is 78.9 Å². The van der Waals surface area contributed by atoms with Gasteiger partial charge in [0.1, 0.15) is 11.5 Å². The largest absolute Gasteiger partial charge is 0.422 e. The molecule has 3 aromatic rings. The highest BCUT2D eigenvalue weighted by Gasteiger charge is 2.15. The Morgan fingerprint density at radius 2 is 1.29 bits per heavy atom. The summed E-state index contributed by atoms with van der Waals surface area (Å²) in [6.45, 7) is 0. The number of hydrogen-bond donors (Lipinski definition) is 0. The maximum absolute atomic E-state index is 12.6. The van der Waals surface area contributed by atoms with Crippen molar-refractivity contribution in [3.05, 3.63) is 96.6 Å². The molecule has 3 nitrogen and oxygen atoms in total. The van der Waals surface area contributed by atoms with Crippen LogP contribution in [0.3, 0.4) is 0 Å². The van der Waals surface area contributed by atoms with Gasteiger partial charge in [-0.25, -0.2) is 9.79 Å². The van der Waals surface area contributed by atoms with E-state index in [9.17, 15) is 4.79 Å². The molecule has 0 unspecified atom stereocenters. The molecule has 0 N–H and O–H groups in total. The fourth-order valence-corrected chi connectivity index (χ4v) is 2.26. The first kappa shape index (κ1) is 15.7. The maximum atomic E-state index is 12.6. The van der Waals surface area contributed by atoms with Crippen molar-refractivity contribution >= 4 is 17.4 Å². The van der Waals surface area contributed by atoms with E-state index in [-0.39, 0.29) is 0 Å². The number of benzene rings is 3. The van der Waals surface area contributed by atoms with Gasteiger partial charge in [0.25, 0.3) is 0 Å². The molecule has 3 aromatic carbocycles. The number of para-hydroxylation sites is 2. The van der Waals surface area contributed by atoms with Crippen molar-refractivity contribution in [1.29, 1.82) is 0 Å². The molecule has 0 aliphatic heterocycles. The molecule has 0 fully saturated rings. The summed E-state index contributed by atoms with van der Waals surface area (Å²) in [4.78, 5) is 17.1. The average Bonchev–Trinajstić information content (AvgIpc) is 2.64. The highest BCUT2D eigenvalue weighted by atomic mass is 16.5. The first-order valence-electron chi connectivity index (χ1n) is 7.75. The van der Waals surface area contributed by atoms with Crippen LogP contribution >= 0.6 is 0 Å². The number of carbonyl (C=O) groups excluding carboxylic acids is 1. The van der Waals surface area contributed by atoms with Crippen LogP contribution in [0.2, 0.25) is 0 Å². The fourth-order valence-electron chi connectivity index (χ4n) is 2.26. The van der Waals surface area contributed by atoms with Gasteiger partial charge in [-0.1, -0.05) is 66.7 Å². The fraction of sp³-hybridized carbons (Fsp3) is 0.0476. The summed E-state index contributed by atoms with van der Waals surface area (Å²) in [5, 5.41) is 0. The van der Waals surface area contributed by atoms with Gasteiger partial charge in [-0.3, -0.25) is 0 Å². The Balaban J connectivity index is 1.86. The Labute approximate surface area is 141 Å². The van der Waals surface area contributed by atoms with E-state index >= 15 is 0 Å². The third kappa shape index (κ3) is 4.40. The summed E-state index contributed by atoms with van der Waals surface area (Å²) in [5.41, 5.74) is 2.11. The number of nitrogens with zero attached hydrogens (tertiary/aromatic N) is 1. The van der Waals surface area contributed by atoms with Gasteiger partial charge in [-0.15, -0.1) is 0 Å². The van der Waals surface area contributed by atoms with Crippen LogP contribution in [0.1, 0.15) is 5.56 Å². The van der Waals surface area contributed by atoms with E-state index in [0.29, 0.717) is 17.9 Å². The number of aliphatic imine (C=N–C) groups is 1. The van der Waals surface area contributed by atoms with Crippen LogP contribution in [-0.2, 0) is 11.2 Å². The van der Waals surface area contributed by atoms with Gasteiger partial charge in [0.05, 0.1) is 5.69 Å². The predicted molar refractivity (Wildman–Crippen MR) is 95.8 cm³/mol. The van der Waals surface area contributed by atoms with E-state index in [0.717, 1.165) is 11.3 Å². The zero-order chi connectivity index (χ0) is 16.6. The van der Waals surface area contributed by atoms with Crippen molar-refractivity contribution in [3.8, 4) is 5.75 Å². The third-order valence-electron chi connectivity index (χ3n) is 3.42. The summed E-state index contributed by atoms with van der Waals surface area (Å²) < 4.78 is 5.45. The van der Waals surface area contributed by atoms with Gasteiger partial charge in [0.2, 0.25) is 0 Å². The SMILES string of the molecule is O=C(Oc1ccccc1)C(Cc1ccccc1)=Nc1ccccc1. The van der Waals surface area contributed by atoms with Gasteiger partial charge in [-0.05, 0) is 29.8 Å². The zero-order valence-electron chi connectivity index (χ0n) is 13.1. The first-order chi connectivity index (χ1) is 11.8. The van der Waals surface area contributed by atoms with Crippen molar-refractivity contribution in [3.63, 3.8) is 0 Å². The minimum absolute atomic E-state index is 0.372. The lowest BCUT2D eigenvalue weighted by molar-refractivity contribution is -0.127. The summed E-state index contributed by atoms with van der Waals surface area (Å²) >= 11 is 0. The number of rotatable bonds is 5. The molecule has 0 amide bonds. The van der Waals surface area contributed by atoms with Gasteiger partial charge in [0.15, 0.2) is 0 Å². The molecule has 0 radical (unpaired) electrons. The molecule has 3 rings (SSSR count). The molecule has 0 aromatic heterocycles. The Morgan fingerprint density at radius 1 is 0.750 bits per heavy atom. The number of esters is 1. The van der Waals surface area contributed by atoms with E-state index in [4.69, 9.17) is 4.74 Å². The summed E-state index contributed by atoms with van der Waals surface area (Å²) in [5.74, 6) is 0.0743. The molecule has 24 heavy (non-hydrogen) atoms. The Bertz CT molecular complexity index is 812. The second kappa shape index (κ2) is 7.88. The van der Waals surface area contributed by atoms with Gasteiger partial charge < -0.3 is 4.74 Å². The second-order valence-electron chi connectivity index (χ2n) is 5.26. The first-order valence-corrected chi connectivity index (χ1v) is 7.75. The quantitative estimate of drug-likeness (QED) is 0.392. The van der Waals surface area contributed by atoms with Crippen molar-refractivity contribution in [2.75, 3.05) is 0 Å². The topological polar surface area (TPSA) is 38.7 Å². The molecule has 0 heterocycles. The zero-order valence-corrected chi connectivity index (χ0v) is 13.1. The molecule has 0 aliphatic rings. The molecular weight excluding hydrogens is 298 g/mol. The minimum Gasteiger partial charge on any atom is -0.422 e. The molecule has 3 heteroatoms. The molecule has 0 saturated heterocycles. The predicted octanol–water partition coefficient (Wildman–Crippen LogP) is 4.61. The van der Waals surface area contributed by atoms with E-state index < -0.39 is 5.97 Å². The standard InChI is InChI=1S/C21H17NO2/c23-21(24-19-14-8-3-9-15-19)20(16-17-10-4-1-5-11-17)22-18-12-6-2-7-13-18/h1-15H,16H2. The Hall–Kier alpha value is -3.20. The lowest BCUT2D eigenvalue weighted by Gasteiger charge is -2.08. The molecule has 0 spiro atoms. The molecular formula is C21H17NO2. The van der Waals surface area contributed by atoms with Crippen molar-refractivity contribution in [2.24, 2.45) is 4.99 Å². The van der Waals surface area contributed by atoms with Crippen LogP contribution in [0.5, 0.6) is 5.75 Å². The smallest absolute Gasteiger partial charge is 0.358 e. The molecule has 0 aliphatic carbocycles. The summed E-state index contributed by atoms with van der Waals surface area (Å²) in [6.07, 6.45) is 0.418. The van der Waals surface area contributed by atoms with Crippen LogP contribution in [0, 0.1) is 0 Å². The van der Waals surface area contributed by atoms with Gasteiger partial charge in [0, 0.05) is 6.42 Å². The average molecular weight is 315 g/mol. The van der Waals surface area contributed by atoms with E-state index in [1.54, 1.807) is 12.1 Å². The number of hydrogen-bond acceptors (Lipinski definition) is 3. The van der Waals surface area contributed by atoms with Crippen LogP contribution in [0.4, 0.5) is 5.69 Å². The Kier molecular flexibility index (Phi) is 5.15. The van der Waals surface area contributed by atoms with E-state index in [2.05, 4.69) is 4.99 Å². The van der Waals surface area contributed by atoms with Crippen LogP contribution in [0.25, 0.3) is 0 Å². The van der Waals surface area contributed by atoms with Gasteiger partial charge >= 0.3 is 5.97 Å². The monoisotopic (exact) mass is 315 g/mol. The normalized spacial score (nSPS) is 11.1. The van der Waals surface area contributed by atoms with Crippen LogP contribution in [-0.4, -0.2) is 11.7 Å². The van der Waals surface area contributed by atoms with Crippen LogP contribution in [0.15, 0.2) is 96.0 Å². The lowest BCUT2D eigenvalue weighted by atomic mass is 10.1. The summed E-state index contributed by atoms with van der Waals surface area (Å²) in [7, 11) is 0. The molecule has 0 bridgehead atoms. The molecule has 0 atom stereocenters. The minimum atomic E-state index is -0.436. The highest BCUT2D eigenvalue weighted by Crippen LogP contribution is 2.15. The maximum Gasteiger partial charge on any atom is 0.358 e. The lowest BCUT2D eigenvalue weighted by Crippen LogP contribution is -2.22. The summed E-state index contributed by atoms with van der Waals surface area (Å²) in [6, 6.07) is 28.2. The second-order valence-corrected chi connectivity index (χ2v) is 5.26. The molecule has 0 saturated carbocycles. The van der Waals surface area contributed by atoms with Crippen LogP contribution < -0.4 is 4.74 Å². The van der Waals surface area contributed by atoms with Gasteiger partial charge in [-0.2, -0.15) is 0 Å². The van der Waals surface area contributed by atoms with Crippen molar-refractivity contribution in [1.82, 2.24) is 0 Å². The molecule has 118 valence electrons. The third-order valence-corrected chi connectivity index (χ3v) is 3.42. The van der Waals surface area contributed by atoms with Crippen molar-refractivity contribution < 1.29 is 9.53 Å². The number of ether oxygens (including phenoxy) is 1. The van der Waals surface area contributed by atoms with E-state index in [1.165, 1.54) is 0 Å².